The number of rotatable bonds is 1. The number of hydrogen-bond donors (Lipinski definition) is 1. The molecule has 3 rings (SSSR count). The molecule has 1 aromatic rings. The standard InChI is InChI=1S/C12H9F3N2O3S/c13-12(14,15)9-5-3-17(11(20)6(5)4-21-9)7-1-2-8(18)16-10(7)19/h4,7H,1-3H2,(H,16,18,19). The van der Waals surface area contributed by atoms with Gasteiger partial charge < -0.3 is 4.90 Å². The van der Waals surface area contributed by atoms with Crippen molar-refractivity contribution in [1.82, 2.24) is 10.2 Å². The number of halogens is 3. The van der Waals surface area contributed by atoms with E-state index in [1.54, 1.807) is 0 Å². The van der Waals surface area contributed by atoms with Crippen molar-refractivity contribution < 1.29 is 27.6 Å². The van der Waals surface area contributed by atoms with Gasteiger partial charge in [0.05, 0.1) is 5.56 Å². The third-order valence-electron chi connectivity index (χ3n) is 3.56. The lowest BCUT2D eigenvalue weighted by Gasteiger charge is -2.29. The first-order valence-corrected chi connectivity index (χ1v) is 6.99. The summed E-state index contributed by atoms with van der Waals surface area (Å²) in [7, 11) is 0. The van der Waals surface area contributed by atoms with Crippen LogP contribution in [0.2, 0.25) is 0 Å². The topological polar surface area (TPSA) is 66.5 Å². The first kappa shape index (κ1) is 14.1. The van der Waals surface area contributed by atoms with Gasteiger partial charge in [-0.15, -0.1) is 11.3 Å². The summed E-state index contributed by atoms with van der Waals surface area (Å²) in [6.45, 7) is -0.251. The predicted molar refractivity (Wildman–Crippen MR) is 65.4 cm³/mol. The molecule has 0 radical (unpaired) electrons. The summed E-state index contributed by atoms with van der Waals surface area (Å²) >= 11 is 0.485. The molecule has 112 valence electrons. The second kappa shape index (κ2) is 4.55. The normalized spacial score (nSPS) is 22.5. The molecule has 0 aromatic carbocycles. The highest BCUT2D eigenvalue weighted by Gasteiger charge is 2.45. The highest BCUT2D eigenvalue weighted by Crippen LogP contribution is 2.42. The fourth-order valence-corrected chi connectivity index (χ4v) is 3.51. The fraction of sp³-hybridized carbons (Fsp3) is 0.417. The highest BCUT2D eigenvalue weighted by molar-refractivity contribution is 7.10. The third kappa shape index (κ3) is 2.21. The number of carbonyl (C=O) groups excluding carboxylic acids is 3. The quantitative estimate of drug-likeness (QED) is 0.799. The Morgan fingerprint density at radius 2 is 2.00 bits per heavy atom. The Labute approximate surface area is 120 Å². The van der Waals surface area contributed by atoms with Crippen LogP contribution in [0.1, 0.15) is 33.6 Å². The van der Waals surface area contributed by atoms with Gasteiger partial charge in [0.25, 0.3) is 5.91 Å². The fourth-order valence-electron chi connectivity index (χ4n) is 2.58. The number of fused-ring (bicyclic) bond motifs is 1. The van der Waals surface area contributed by atoms with E-state index in [1.165, 1.54) is 5.38 Å². The van der Waals surface area contributed by atoms with Crippen LogP contribution in [0.25, 0.3) is 0 Å². The van der Waals surface area contributed by atoms with Crippen LogP contribution < -0.4 is 5.32 Å². The number of imide groups is 1. The van der Waals surface area contributed by atoms with Crippen molar-refractivity contribution in [3.05, 3.63) is 21.4 Å². The molecule has 21 heavy (non-hydrogen) atoms. The van der Waals surface area contributed by atoms with Gasteiger partial charge in [0.15, 0.2) is 0 Å². The van der Waals surface area contributed by atoms with Crippen molar-refractivity contribution in [2.75, 3.05) is 0 Å². The van der Waals surface area contributed by atoms with Gasteiger partial charge in [0.1, 0.15) is 10.9 Å². The molecule has 5 nitrogen and oxygen atoms in total. The molecule has 0 bridgehead atoms. The number of thiophene rings is 1. The average molecular weight is 318 g/mol. The van der Waals surface area contributed by atoms with Crippen molar-refractivity contribution >= 4 is 29.1 Å². The minimum atomic E-state index is -4.51. The van der Waals surface area contributed by atoms with Crippen LogP contribution in [0.5, 0.6) is 0 Å². The van der Waals surface area contributed by atoms with E-state index in [2.05, 4.69) is 5.32 Å². The maximum Gasteiger partial charge on any atom is 0.425 e. The first-order chi connectivity index (χ1) is 9.79. The minimum absolute atomic E-state index is 0.00275. The second-order valence-electron chi connectivity index (χ2n) is 4.85. The molecule has 1 aromatic heterocycles. The van der Waals surface area contributed by atoms with E-state index in [9.17, 15) is 27.6 Å². The van der Waals surface area contributed by atoms with Gasteiger partial charge in [-0.1, -0.05) is 0 Å². The molecule has 1 N–H and O–H groups in total. The van der Waals surface area contributed by atoms with Crippen LogP contribution in [0.4, 0.5) is 13.2 Å². The summed E-state index contributed by atoms with van der Waals surface area (Å²) in [5, 5.41) is 3.27. The van der Waals surface area contributed by atoms with Crippen LogP contribution in [-0.2, 0) is 22.3 Å². The third-order valence-corrected chi connectivity index (χ3v) is 4.62. The summed E-state index contributed by atoms with van der Waals surface area (Å²) in [4.78, 5) is 35.3. The molecule has 0 spiro atoms. The summed E-state index contributed by atoms with van der Waals surface area (Å²) < 4.78 is 38.6. The summed E-state index contributed by atoms with van der Waals surface area (Å²) in [5.74, 6) is -1.67. The Hall–Kier alpha value is -1.90. The zero-order valence-electron chi connectivity index (χ0n) is 10.5. The average Bonchev–Trinajstić information content (AvgIpc) is 2.90. The largest absolute Gasteiger partial charge is 0.425 e. The van der Waals surface area contributed by atoms with Gasteiger partial charge in [-0.2, -0.15) is 13.2 Å². The number of alkyl halides is 3. The molecule has 9 heteroatoms. The van der Waals surface area contributed by atoms with E-state index in [0.717, 1.165) is 4.90 Å². The molecular weight excluding hydrogens is 309 g/mol. The number of hydrogen-bond acceptors (Lipinski definition) is 4. The lowest BCUT2D eigenvalue weighted by molar-refractivity contribution is -0.136. The molecule has 2 aliphatic heterocycles. The Bertz CT molecular complexity index is 653. The van der Waals surface area contributed by atoms with Gasteiger partial charge in [-0.3, -0.25) is 19.7 Å². The smallest absolute Gasteiger partial charge is 0.322 e. The summed E-state index contributed by atoms with van der Waals surface area (Å²) in [6.07, 6.45) is -4.32. The molecule has 0 saturated carbocycles. The van der Waals surface area contributed by atoms with Gasteiger partial charge in [-0.05, 0) is 6.42 Å². The highest BCUT2D eigenvalue weighted by atomic mass is 32.1. The number of amides is 3. The summed E-state index contributed by atoms with van der Waals surface area (Å²) in [5.41, 5.74) is -0.0841. The van der Waals surface area contributed by atoms with Crippen LogP contribution >= 0.6 is 11.3 Å². The Morgan fingerprint density at radius 3 is 2.62 bits per heavy atom. The number of nitrogens with zero attached hydrogens (tertiary/aromatic N) is 1. The number of nitrogens with one attached hydrogen (secondary N) is 1. The Kier molecular flexibility index (Phi) is 3.05. The molecule has 1 unspecified atom stereocenters. The van der Waals surface area contributed by atoms with Gasteiger partial charge in [-0.25, -0.2) is 0 Å². The lowest BCUT2D eigenvalue weighted by atomic mass is 10.0. The number of piperidine rings is 1. The minimum Gasteiger partial charge on any atom is -0.322 e. The van der Waals surface area contributed by atoms with Crippen molar-refractivity contribution in [3.8, 4) is 0 Å². The molecule has 3 heterocycles. The van der Waals surface area contributed by atoms with Crippen molar-refractivity contribution in [2.45, 2.75) is 31.6 Å². The van der Waals surface area contributed by atoms with Crippen molar-refractivity contribution in [1.29, 1.82) is 0 Å². The van der Waals surface area contributed by atoms with E-state index < -0.39 is 34.8 Å². The zero-order valence-corrected chi connectivity index (χ0v) is 11.3. The molecule has 3 amide bonds. The maximum atomic E-state index is 12.9. The molecule has 0 aliphatic carbocycles. The van der Waals surface area contributed by atoms with Gasteiger partial charge in [0, 0.05) is 23.9 Å². The predicted octanol–water partition coefficient (Wildman–Crippen LogP) is 1.53. The summed E-state index contributed by atoms with van der Waals surface area (Å²) in [6, 6.07) is -0.895. The van der Waals surface area contributed by atoms with Crippen molar-refractivity contribution in [3.63, 3.8) is 0 Å². The van der Waals surface area contributed by atoms with Crippen LogP contribution in [-0.4, -0.2) is 28.7 Å². The second-order valence-corrected chi connectivity index (χ2v) is 5.73. The van der Waals surface area contributed by atoms with E-state index in [0.29, 0.717) is 11.3 Å². The Balaban J connectivity index is 1.89. The molecule has 2 aliphatic rings. The monoisotopic (exact) mass is 318 g/mol. The van der Waals surface area contributed by atoms with E-state index in [-0.39, 0.29) is 30.5 Å². The van der Waals surface area contributed by atoms with E-state index in [1.807, 2.05) is 0 Å². The van der Waals surface area contributed by atoms with Gasteiger partial charge >= 0.3 is 6.18 Å². The molecular formula is C12H9F3N2O3S. The maximum absolute atomic E-state index is 12.9. The van der Waals surface area contributed by atoms with Crippen LogP contribution in [0, 0.1) is 0 Å². The van der Waals surface area contributed by atoms with Crippen LogP contribution in [0.3, 0.4) is 0 Å². The Morgan fingerprint density at radius 1 is 1.29 bits per heavy atom. The SMILES string of the molecule is O=C1CCC(N2Cc3c(csc3C(F)(F)F)C2=O)C(=O)N1. The van der Waals surface area contributed by atoms with Crippen LogP contribution in [0.15, 0.2) is 5.38 Å². The first-order valence-electron chi connectivity index (χ1n) is 6.11. The number of carbonyl (C=O) groups is 3. The van der Waals surface area contributed by atoms with Crippen molar-refractivity contribution in [2.24, 2.45) is 0 Å². The van der Waals surface area contributed by atoms with Gasteiger partial charge in [0.2, 0.25) is 11.8 Å². The lowest BCUT2D eigenvalue weighted by Crippen LogP contribution is -2.52. The van der Waals surface area contributed by atoms with E-state index in [4.69, 9.17) is 0 Å². The van der Waals surface area contributed by atoms with E-state index >= 15 is 0 Å². The molecule has 1 saturated heterocycles. The molecule has 1 atom stereocenters. The molecule has 1 fully saturated rings. The zero-order chi connectivity index (χ0) is 15.4.